The number of carbonyl (C=O) groups is 2. The third-order valence-corrected chi connectivity index (χ3v) is 5.67. The number of benzene rings is 1. The molecule has 1 aliphatic carbocycles. The van der Waals surface area contributed by atoms with Gasteiger partial charge in [-0.15, -0.1) is 0 Å². The van der Waals surface area contributed by atoms with E-state index in [1.54, 1.807) is 16.7 Å². The highest BCUT2D eigenvalue weighted by molar-refractivity contribution is 8.00. The first-order valence-electron chi connectivity index (χ1n) is 8.88. The van der Waals surface area contributed by atoms with Gasteiger partial charge >= 0.3 is 5.97 Å². The minimum absolute atomic E-state index is 0.0175. The molecule has 0 aliphatic heterocycles. The number of anilines is 1. The molecular formula is C20H29NO3S. The van der Waals surface area contributed by atoms with Crippen LogP contribution in [0.4, 0.5) is 5.69 Å². The molecule has 0 heterocycles. The number of thioether (sulfide) groups is 1. The van der Waals surface area contributed by atoms with Crippen LogP contribution in [0, 0.1) is 19.8 Å². The van der Waals surface area contributed by atoms with Crippen LogP contribution in [-0.2, 0) is 9.59 Å². The van der Waals surface area contributed by atoms with E-state index in [0.717, 1.165) is 29.7 Å². The van der Waals surface area contributed by atoms with Gasteiger partial charge in [0.05, 0.1) is 5.69 Å². The molecular weight excluding hydrogens is 334 g/mol. The zero-order chi connectivity index (χ0) is 18.8. The van der Waals surface area contributed by atoms with E-state index in [9.17, 15) is 14.7 Å². The molecule has 0 aromatic heterocycles. The number of para-hydroxylation sites is 1. The van der Waals surface area contributed by atoms with E-state index in [1.165, 1.54) is 0 Å². The Morgan fingerprint density at radius 3 is 2.24 bits per heavy atom. The van der Waals surface area contributed by atoms with Crippen molar-refractivity contribution in [1.29, 1.82) is 0 Å². The minimum atomic E-state index is -0.925. The van der Waals surface area contributed by atoms with E-state index in [0.29, 0.717) is 12.2 Å². The van der Waals surface area contributed by atoms with Gasteiger partial charge in [-0.2, -0.15) is 11.8 Å². The molecule has 4 nitrogen and oxygen atoms in total. The molecule has 5 heteroatoms. The maximum absolute atomic E-state index is 13.0. The Labute approximate surface area is 155 Å². The Bertz CT molecular complexity index is 627. The van der Waals surface area contributed by atoms with Crippen molar-refractivity contribution in [3.8, 4) is 0 Å². The SMILES string of the molecule is Cc1cccc(C)c1N(C(=O)C1CC1)C(CCSC(C)(C)C)C(=O)O. The quantitative estimate of drug-likeness (QED) is 0.779. The fraction of sp³-hybridized carbons (Fsp3) is 0.600. The lowest BCUT2D eigenvalue weighted by atomic mass is 10.0. The van der Waals surface area contributed by atoms with Crippen molar-refractivity contribution in [3.05, 3.63) is 29.3 Å². The highest BCUT2D eigenvalue weighted by Crippen LogP contribution is 2.37. The van der Waals surface area contributed by atoms with Crippen molar-refractivity contribution in [3.63, 3.8) is 0 Å². The summed E-state index contributed by atoms with van der Waals surface area (Å²) in [5, 5.41) is 9.86. The summed E-state index contributed by atoms with van der Waals surface area (Å²) in [6.07, 6.45) is 2.18. The maximum atomic E-state index is 13.0. The molecule has 1 fully saturated rings. The molecule has 1 aromatic carbocycles. The molecule has 1 aromatic rings. The second kappa shape index (κ2) is 7.81. The van der Waals surface area contributed by atoms with E-state index in [4.69, 9.17) is 0 Å². The topological polar surface area (TPSA) is 57.6 Å². The van der Waals surface area contributed by atoms with E-state index < -0.39 is 12.0 Å². The predicted octanol–water partition coefficient (Wildman–Crippen LogP) is 4.42. The molecule has 1 atom stereocenters. The van der Waals surface area contributed by atoms with Crippen molar-refractivity contribution >= 4 is 29.3 Å². The van der Waals surface area contributed by atoms with Crippen LogP contribution >= 0.6 is 11.8 Å². The Balaban J connectivity index is 2.34. The molecule has 1 aliphatic rings. The Kier molecular flexibility index (Phi) is 6.20. The highest BCUT2D eigenvalue weighted by Gasteiger charge is 2.40. The van der Waals surface area contributed by atoms with Gasteiger partial charge in [-0.1, -0.05) is 39.0 Å². The predicted molar refractivity (Wildman–Crippen MR) is 104 cm³/mol. The van der Waals surface area contributed by atoms with Crippen LogP contribution in [0.2, 0.25) is 0 Å². The minimum Gasteiger partial charge on any atom is -0.480 e. The van der Waals surface area contributed by atoms with Crippen molar-refractivity contribution in [1.82, 2.24) is 0 Å². The normalized spacial score (nSPS) is 15.7. The average Bonchev–Trinajstić information content (AvgIpc) is 3.31. The van der Waals surface area contributed by atoms with Gasteiger partial charge < -0.3 is 5.11 Å². The summed E-state index contributed by atoms with van der Waals surface area (Å²) in [5.74, 6) is -0.271. The highest BCUT2D eigenvalue weighted by atomic mass is 32.2. The van der Waals surface area contributed by atoms with Gasteiger partial charge in [0.25, 0.3) is 0 Å². The molecule has 138 valence electrons. The number of hydrogen-bond acceptors (Lipinski definition) is 3. The lowest BCUT2D eigenvalue weighted by Crippen LogP contribution is -2.47. The van der Waals surface area contributed by atoms with Gasteiger partial charge in [-0.3, -0.25) is 9.69 Å². The Morgan fingerprint density at radius 1 is 1.24 bits per heavy atom. The molecule has 25 heavy (non-hydrogen) atoms. The van der Waals surface area contributed by atoms with Crippen LogP contribution in [0.5, 0.6) is 0 Å². The van der Waals surface area contributed by atoms with Crippen LogP contribution in [0.1, 0.15) is 51.2 Å². The van der Waals surface area contributed by atoms with Gasteiger partial charge in [-0.05, 0) is 50.0 Å². The summed E-state index contributed by atoms with van der Waals surface area (Å²) in [5.41, 5.74) is 2.67. The Morgan fingerprint density at radius 2 is 1.80 bits per heavy atom. The summed E-state index contributed by atoms with van der Waals surface area (Å²) in [7, 11) is 0. The number of rotatable bonds is 7. The van der Waals surface area contributed by atoms with E-state index in [1.807, 2.05) is 32.0 Å². The molecule has 0 radical (unpaired) electrons. The van der Waals surface area contributed by atoms with Crippen LogP contribution in [0.3, 0.4) is 0 Å². The third kappa shape index (κ3) is 5.24. The van der Waals surface area contributed by atoms with E-state index in [-0.39, 0.29) is 16.6 Å². The van der Waals surface area contributed by atoms with Gasteiger partial charge in [0.2, 0.25) is 5.91 Å². The largest absolute Gasteiger partial charge is 0.480 e. The summed E-state index contributed by atoms with van der Waals surface area (Å²) in [4.78, 5) is 26.6. The standard InChI is InChI=1S/C20H29NO3S/c1-13-7-6-8-14(2)17(13)21(18(22)15-9-10-15)16(19(23)24)11-12-25-20(3,4)5/h6-8,15-16H,9-12H2,1-5H3,(H,23,24). The first kappa shape index (κ1) is 19.8. The molecule has 0 saturated heterocycles. The fourth-order valence-electron chi connectivity index (χ4n) is 2.97. The zero-order valence-corrected chi connectivity index (χ0v) is 16.7. The summed E-state index contributed by atoms with van der Waals surface area (Å²) >= 11 is 1.73. The van der Waals surface area contributed by atoms with Crippen LogP contribution in [-0.4, -0.2) is 33.5 Å². The number of amides is 1. The van der Waals surface area contributed by atoms with Crippen molar-refractivity contribution in [2.45, 2.75) is 64.7 Å². The summed E-state index contributed by atoms with van der Waals surface area (Å²) in [6.45, 7) is 10.2. The lowest BCUT2D eigenvalue weighted by Gasteiger charge is -2.32. The fourth-order valence-corrected chi connectivity index (χ4v) is 3.93. The van der Waals surface area contributed by atoms with Crippen LogP contribution in [0.15, 0.2) is 18.2 Å². The molecule has 2 rings (SSSR count). The number of nitrogens with zero attached hydrogens (tertiary/aromatic N) is 1. The van der Waals surface area contributed by atoms with Crippen molar-refractivity contribution in [2.24, 2.45) is 5.92 Å². The number of carboxylic acids is 1. The molecule has 0 spiro atoms. The maximum Gasteiger partial charge on any atom is 0.326 e. The van der Waals surface area contributed by atoms with Gasteiger partial charge in [0, 0.05) is 10.7 Å². The monoisotopic (exact) mass is 363 g/mol. The second-order valence-corrected chi connectivity index (χ2v) is 9.75. The number of aryl methyl sites for hydroxylation is 2. The summed E-state index contributed by atoms with van der Waals surface area (Å²) < 4.78 is 0.0764. The molecule has 1 saturated carbocycles. The molecule has 0 bridgehead atoms. The molecule has 1 N–H and O–H groups in total. The number of aliphatic carboxylic acids is 1. The summed E-state index contributed by atoms with van der Waals surface area (Å²) in [6, 6.07) is 5.01. The lowest BCUT2D eigenvalue weighted by molar-refractivity contribution is -0.140. The van der Waals surface area contributed by atoms with Crippen LogP contribution in [0.25, 0.3) is 0 Å². The first-order chi connectivity index (χ1) is 11.6. The van der Waals surface area contributed by atoms with Gasteiger partial charge in [0.1, 0.15) is 6.04 Å². The average molecular weight is 364 g/mol. The smallest absolute Gasteiger partial charge is 0.326 e. The number of carboxylic acid groups (broad SMARTS) is 1. The number of carbonyl (C=O) groups excluding carboxylic acids is 1. The molecule has 1 unspecified atom stereocenters. The molecule has 1 amide bonds. The zero-order valence-electron chi connectivity index (χ0n) is 15.8. The van der Waals surface area contributed by atoms with Gasteiger partial charge in [0.15, 0.2) is 0 Å². The van der Waals surface area contributed by atoms with Crippen molar-refractivity contribution < 1.29 is 14.7 Å². The van der Waals surface area contributed by atoms with Crippen molar-refractivity contribution in [2.75, 3.05) is 10.7 Å². The number of hydrogen-bond donors (Lipinski definition) is 1. The van der Waals surface area contributed by atoms with E-state index in [2.05, 4.69) is 20.8 Å². The van der Waals surface area contributed by atoms with E-state index >= 15 is 0 Å². The first-order valence-corrected chi connectivity index (χ1v) is 9.86. The van der Waals surface area contributed by atoms with Gasteiger partial charge in [-0.25, -0.2) is 4.79 Å². The second-order valence-electron chi connectivity index (χ2n) is 7.83. The van der Waals surface area contributed by atoms with Crippen LogP contribution < -0.4 is 4.90 Å². The Hall–Kier alpha value is -1.49. The third-order valence-electron chi connectivity index (χ3n) is 4.37.